The number of rotatable bonds is 6. The molecule has 2 N–H and O–H groups in total. The lowest BCUT2D eigenvalue weighted by Crippen LogP contribution is -2.13. The molecule has 0 amide bonds. The van der Waals surface area contributed by atoms with Gasteiger partial charge in [-0.3, -0.25) is 0 Å². The van der Waals surface area contributed by atoms with E-state index in [0.717, 1.165) is 48.0 Å². The molecule has 0 aromatic heterocycles. The lowest BCUT2D eigenvalue weighted by molar-refractivity contribution is 0.197. The fourth-order valence-electron chi connectivity index (χ4n) is 3.24. The van der Waals surface area contributed by atoms with Gasteiger partial charge < -0.3 is 19.7 Å². The summed E-state index contributed by atoms with van der Waals surface area (Å²) in [6.07, 6.45) is 4.22. The van der Waals surface area contributed by atoms with Gasteiger partial charge in [0, 0.05) is 21.9 Å². The largest absolute Gasteiger partial charge is 0.490 e. The number of hydrogen-bond acceptors (Lipinski definition) is 4. The molecule has 0 bridgehead atoms. The maximum Gasteiger partial charge on any atom is 0.130 e. The number of aliphatic hydroxyl groups is 2. The molecule has 0 aliphatic heterocycles. The zero-order chi connectivity index (χ0) is 15.4. The molecule has 0 fully saturated rings. The van der Waals surface area contributed by atoms with Gasteiger partial charge in [-0.15, -0.1) is 0 Å². The fraction of sp³-hybridized carbons (Fsp3) is 0.444. The van der Waals surface area contributed by atoms with Crippen LogP contribution in [0.4, 0.5) is 0 Å². The van der Waals surface area contributed by atoms with Crippen molar-refractivity contribution >= 4 is 10.8 Å². The van der Waals surface area contributed by atoms with Crippen molar-refractivity contribution in [3.8, 4) is 11.5 Å². The molecule has 4 heteroatoms. The molecular formula is C18H22O4. The highest BCUT2D eigenvalue weighted by atomic mass is 16.5. The minimum atomic E-state index is 0.00582. The molecule has 22 heavy (non-hydrogen) atoms. The Balaban J connectivity index is 2.20. The van der Waals surface area contributed by atoms with E-state index in [4.69, 9.17) is 19.7 Å². The van der Waals surface area contributed by atoms with Crippen molar-refractivity contribution in [2.24, 2.45) is 0 Å². The third kappa shape index (κ3) is 2.76. The molecule has 1 aliphatic carbocycles. The van der Waals surface area contributed by atoms with E-state index < -0.39 is 0 Å². The minimum absolute atomic E-state index is 0.00582. The highest BCUT2D eigenvalue weighted by Gasteiger charge is 2.23. The Bertz CT molecular complexity index is 595. The van der Waals surface area contributed by atoms with Crippen LogP contribution < -0.4 is 9.47 Å². The van der Waals surface area contributed by atoms with Crippen LogP contribution in [0.15, 0.2) is 24.3 Å². The molecule has 0 heterocycles. The maximum atomic E-state index is 9.10. The van der Waals surface area contributed by atoms with E-state index in [1.807, 2.05) is 24.3 Å². The summed E-state index contributed by atoms with van der Waals surface area (Å²) in [5, 5.41) is 20.2. The van der Waals surface area contributed by atoms with Gasteiger partial charge in [0.2, 0.25) is 0 Å². The van der Waals surface area contributed by atoms with Crippen LogP contribution in [0, 0.1) is 0 Å². The Morgan fingerprint density at radius 1 is 0.773 bits per heavy atom. The van der Waals surface area contributed by atoms with Crippen molar-refractivity contribution in [1.82, 2.24) is 0 Å². The molecule has 118 valence electrons. The zero-order valence-corrected chi connectivity index (χ0v) is 12.7. The molecule has 0 saturated carbocycles. The van der Waals surface area contributed by atoms with Crippen LogP contribution in [0.2, 0.25) is 0 Å². The summed E-state index contributed by atoms with van der Waals surface area (Å²) in [7, 11) is 0. The Morgan fingerprint density at radius 3 is 1.64 bits per heavy atom. The van der Waals surface area contributed by atoms with Crippen LogP contribution in [0.5, 0.6) is 11.5 Å². The van der Waals surface area contributed by atoms with Gasteiger partial charge >= 0.3 is 0 Å². The predicted octanol–water partition coefficient (Wildman–Crippen LogP) is 2.46. The van der Waals surface area contributed by atoms with Gasteiger partial charge in [-0.25, -0.2) is 0 Å². The first-order chi connectivity index (χ1) is 10.9. The Labute approximate surface area is 130 Å². The first-order valence-electron chi connectivity index (χ1n) is 7.90. The minimum Gasteiger partial charge on any atom is -0.490 e. The molecule has 0 radical (unpaired) electrons. The smallest absolute Gasteiger partial charge is 0.130 e. The van der Waals surface area contributed by atoms with Crippen molar-refractivity contribution in [3.63, 3.8) is 0 Å². The zero-order valence-electron chi connectivity index (χ0n) is 12.7. The first kappa shape index (κ1) is 15.1. The van der Waals surface area contributed by atoms with Crippen LogP contribution in [0.25, 0.3) is 10.8 Å². The average molecular weight is 302 g/mol. The molecule has 2 aromatic rings. The van der Waals surface area contributed by atoms with Gasteiger partial charge in [0.25, 0.3) is 0 Å². The lowest BCUT2D eigenvalue weighted by atomic mass is 9.87. The van der Waals surface area contributed by atoms with Crippen molar-refractivity contribution in [3.05, 3.63) is 35.4 Å². The van der Waals surface area contributed by atoms with E-state index in [0.29, 0.717) is 13.2 Å². The highest BCUT2D eigenvalue weighted by Crippen LogP contribution is 2.44. The molecule has 1 aliphatic rings. The van der Waals surface area contributed by atoms with E-state index in [9.17, 15) is 0 Å². The second-order valence-electron chi connectivity index (χ2n) is 5.51. The van der Waals surface area contributed by atoms with E-state index in [1.165, 1.54) is 11.1 Å². The maximum absolute atomic E-state index is 9.10. The molecule has 0 atom stereocenters. The Hall–Kier alpha value is -1.78. The third-order valence-electron chi connectivity index (χ3n) is 4.11. The summed E-state index contributed by atoms with van der Waals surface area (Å²) in [5.41, 5.74) is 2.40. The normalized spacial score (nSPS) is 13.9. The van der Waals surface area contributed by atoms with E-state index in [1.54, 1.807) is 0 Å². The predicted molar refractivity (Wildman–Crippen MR) is 85.8 cm³/mol. The summed E-state index contributed by atoms with van der Waals surface area (Å²) < 4.78 is 11.7. The van der Waals surface area contributed by atoms with Crippen molar-refractivity contribution in [1.29, 1.82) is 0 Å². The molecule has 0 saturated heterocycles. The summed E-state index contributed by atoms with van der Waals surface area (Å²) in [6, 6.07) is 8.03. The van der Waals surface area contributed by atoms with Crippen molar-refractivity contribution < 1.29 is 19.7 Å². The summed E-state index contributed by atoms with van der Waals surface area (Å²) >= 11 is 0. The van der Waals surface area contributed by atoms with Gasteiger partial charge in [0.1, 0.15) is 24.7 Å². The lowest BCUT2D eigenvalue weighted by Gasteiger charge is -2.25. The monoisotopic (exact) mass is 302 g/mol. The number of hydrogen-bond donors (Lipinski definition) is 2. The Kier molecular flexibility index (Phi) is 4.80. The summed E-state index contributed by atoms with van der Waals surface area (Å²) in [4.78, 5) is 0. The van der Waals surface area contributed by atoms with Crippen molar-refractivity contribution in [2.45, 2.75) is 25.7 Å². The number of aliphatic hydroxyl groups excluding tert-OH is 2. The second-order valence-corrected chi connectivity index (χ2v) is 5.51. The topological polar surface area (TPSA) is 58.9 Å². The summed E-state index contributed by atoms with van der Waals surface area (Å²) in [5.74, 6) is 1.77. The highest BCUT2D eigenvalue weighted by molar-refractivity contribution is 5.96. The van der Waals surface area contributed by atoms with Crippen LogP contribution in [-0.4, -0.2) is 36.6 Å². The SMILES string of the molecule is OCCOc1c2c(c(OCCO)c3ccccc13)CCCC2. The van der Waals surface area contributed by atoms with Crippen LogP contribution in [0.1, 0.15) is 24.0 Å². The molecule has 2 aromatic carbocycles. The van der Waals surface area contributed by atoms with Gasteiger partial charge in [-0.05, 0) is 25.7 Å². The van der Waals surface area contributed by atoms with Crippen LogP contribution in [-0.2, 0) is 12.8 Å². The quantitative estimate of drug-likeness (QED) is 0.860. The van der Waals surface area contributed by atoms with Gasteiger partial charge in [-0.2, -0.15) is 0 Å². The van der Waals surface area contributed by atoms with Gasteiger partial charge in [0.15, 0.2) is 0 Å². The molecule has 0 spiro atoms. The van der Waals surface area contributed by atoms with E-state index in [-0.39, 0.29) is 13.2 Å². The molecule has 0 unspecified atom stereocenters. The van der Waals surface area contributed by atoms with E-state index >= 15 is 0 Å². The summed E-state index contributed by atoms with van der Waals surface area (Å²) in [6.45, 7) is 0.609. The van der Waals surface area contributed by atoms with Crippen molar-refractivity contribution in [2.75, 3.05) is 26.4 Å². The third-order valence-corrected chi connectivity index (χ3v) is 4.11. The molecular weight excluding hydrogens is 280 g/mol. The number of benzene rings is 2. The molecule has 3 rings (SSSR count). The standard InChI is InChI=1S/C18H22O4/c19-9-11-21-17-13-5-1-2-6-14(13)18(22-12-10-20)16-8-4-3-7-15(16)17/h1-2,5-6,19-20H,3-4,7-12H2. The second kappa shape index (κ2) is 6.99. The Morgan fingerprint density at radius 2 is 1.23 bits per heavy atom. The van der Waals surface area contributed by atoms with Gasteiger partial charge in [0.05, 0.1) is 13.2 Å². The first-order valence-corrected chi connectivity index (χ1v) is 7.90. The van der Waals surface area contributed by atoms with Crippen LogP contribution >= 0.6 is 0 Å². The number of fused-ring (bicyclic) bond motifs is 2. The average Bonchev–Trinajstić information content (AvgIpc) is 2.58. The molecule has 4 nitrogen and oxygen atoms in total. The number of ether oxygens (including phenoxy) is 2. The van der Waals surface area contributed by atoms with E-state index in [2.05, 4.69) is 0 Å². The van der Waals surface area contributed by atoms with Crippen LogP contribution in [0.3, 0.4) is 0 Å². The van der Waals surface area contributed by atoms with Gasteiger partial charge in [-0.1, -0.05) is 24.3 Å². The fourth-order valence-corrected chi connectivity index (χ4v) is 3.24.